The molecule has 4 rings (SSSR count). The molecular formula is C21H21ClN4. The highest BCUT2D eigenvalue weighted by Crippen LogP contribution is 2.20. The molecule has 4 aromatic rings. The molecule has 0 amide bonds. The van der Waals surface area contributed by atoms with Gasteiger partial charge in [0.2, 0.25) is 6.33 Å². The lowest BCUT2D eigenvalue weighted by Crippen LogP contribution is -3.00. The number of aromatic nitrogens is 4. The monoisotopic (exact) mass is 364 g/mol. The fraction of sp³-hybridized carbons (Fsp3) is 0.143. The minimum atomic E-state index is 0. The first kappa shape index (κ1) is 18.0. The van der Waals surface area contributed by atoms with Crippen LogP contribution in [-0.4, -0.2) is 14.3 Å². The van der Waals surface area contributed by atoms with E-state index in [2.05, 4.69) is 94.5 Å². The van der Waals surface area contributed by atoms with Crippen LogP contribution in [-0.2, 0) is 6.54 Å². The van der Waals surface area contributed by atoms with E-state index in [4.69, 9.17) is 0 Å². The summed E-state index contributed by atoms with van der Waals surface area (Å²) in [7, 11) is 0. The number of aryl methyl sites for hydroxylation is 2. The van der Waals surface area contributed by atoms with Crippen LogP contribution in [0.4, 0.5) is 0 Å². The first-order chi connectivity index (χ1) is 12.2. The Labute approximate surface area is 159 Å². The summed E-state index contributed by atoms with van der Waals surface area (Å²) in [4.78, 5) is 0. The minimum Gasteiger partial charge on any atom is -1.00 e. The summed E-state index contributed by atoms with van der Waals surface area (Å²) in [5.41, 5.74) is 5.64. The molecule has 0 unspecified atom stereocenters. The van der Waals surface area contributed by atoms with E-state index in [-0.39, 0.29) is 12.4 Å². The third-order valence-electron chi connectivity index (χ3n) is 4.30. The molecule has 2 aromatic carbocycles. The zero-order valence-corrected chi connectivity index (χ0v) is 15.6. The standard InChI is InChI=1S/C21H21N4.ClH/c1-17-14-18(2)25(22-17)21-11-7-6-10-20(21)24-13-12-23(16-24)15-19-8-4-3-5-9-19;/h3-14,16H,15H2,1-2H3;1H/q+1;/p-1. The second kappa shape index (κ2) is 7.58. The normalized spacial score (nSPS) is 10.5. The Morgan fingerprint density at radius 1 is 0.923 bits per heavy atom. The van der Waals surface area contributed by atoms with Crippen LogP contribution >= 0.6 is 0 Å². The fourth-order valence-electron chi connectivity index (χ4n) is 3.16. The smallest absolute Gasteiger partial charge is 0.249 e. The van der Waals surface area contributed by atoms with E-state index in [1.54, 1.807) is 0 Å². The zero-order chi connectivity index (χ0) is 17.2. The van der Waals surface area contributed by atoms with Crippen LogP contribution < -0.4 is 17.0 Å². The molecule has 0 spiro atoms. The summed E-state index contributed by atoms with van der Waals surface area (Å²) in [5, 5.41) is 4.64. The van der Waals surface area contributed by atoms with Crippen LogP contribution in [0.1, 0.15) is 17.0 Å². The van der Waals surface area contributed by atoms with Gasteiger partial charge in [0, 0.05) is 5.69 Å². The second-order valence-corrected chi connectivity index (χ2v) is 6.31. The van der Waals surface area contributed by atoms with Gasteiger partial charge in [-0.3, -0.25) is 0 Å². The number of imidazole rings is 1. The number of benzene rings is 2. The molecule has 132 valence electrons. The Bertz CT molecular complexity index is 1000. The number of halogens is 1. The molecule has 2 heterocycles. The van der Waals surface area contributed by atoms with Gasteiger partial charge < -0.3 is 12.4 Å². The third-order valence-corrected chi connectivity index (χ3v) is 4.30. The zero-order valence-electron chi connectivity index (χ0n) is 14.9. The average molecular weight is 365 g/mol. The lowest BCUT2D eigenvalue weighted by Gasteiger charge is -2.08. The predicted octanol–water partition coefficient (Wildman–Crippen LogP) is 0.620. The van der Waals surface area contributed by atoms with Gasteiger partial charge in [0.1, 0.15) is 24.6 Å². The van der Waals surface area contributed by atoms with Crippen molar-refractivity contribution in [1.29, 1.82) is 0 Å². The first-order valence-electron chi connectivity index (χ1n) is 8.45. The van der Waals surface area contributed by atoms with E-state index in [0.717, 1.165) is 29.3 Å². The number of rotatable bonds is 4. The van der Waals surface area contributed by atoms with Crippen molar-refractivity contribution in [2.24, 2.45) is 0 Å². The summed E-state index contributed by atoms with van der Waals surface area (Å²) >= 11 is 0. The van der Waals surface area contributed by atoms with Gasteiger partial charge in [-0.05, 0) is 37.6 Å². The van der Waals surface area contributed by atoms with Crippen molar-refractivity contribution in [2.75, 3.05) is 0 Å². The Morgan fingerprint density at radius 3 is 2.31 bits per heavy atom. The number of nitrogens with zero attached hydrogens (tertiary/aromatic N) is 4. The molecule has 0 radical (unpaired) electrons. The van der Waals surface area contributed by atoms with E-state index in [1.165, 1.54) is 5.56 Å². The van der Waals surface area contributed by atoms with Gasteiger partial charge in [0.15, 0.2) is 5.69 Å². The van der Waals surface area contributed by atoms with Crippen molar-refractivity contribution in [2.45, 2.75) is 20.4 Å². The van der Waals surface area contributed by atoms with Crippen molar-refractivity contribution in [3.63, 3.8) is 0 Å². The van der Waals surface area contributed by atoms with Gasteiger partial charge >= 0.3 is 0 Å². The summed E-state index contributed by atoms with van der Waals surface area (Å²) in [5.74, 6) is 0. The van der Waals surface area contributed by atoms with Gasteiger partial charge in [0.25, 0.3) is 0 Å². The van der Waals surface area contributed by atoms with Crippen LogP contribution in [0.25, 0.3) is 11.4 Å². The van der Waals surface area contributed by atoms with Crippen molar-refractivity contribution in [3.05, 3.63) is 96.3 Å². The van der Waals surface area contributed by atoms with E-state index < -0.39 is 0 Å². The molecule has 0 aliphatic rings. The molecule has 4 nitrogen and oxygen atoms in total. The first-order valence-corrected chi connectivity index (χ1v) is 8.45. The summed E-state index contributed by atoms with van der Waals surface area (Å²) in [6.07, 6.45) is 6.32. The number of hydrogen-bond acceptors (Lipinski definition) is 1. The Kier molecular flexibility index (Phi) is 5.24. The molecule has 0 saturated heterocycles. The van der Waals surface area contributed by atoms with Crippen LogP contribution in [0, 0.1) is 13.8 Å². The molecular weight excluding hydrogens is 344 g/mol. The third kappa shape index (κ3) is 3.55. The van der Waals surface area contributed by atoms with Gasteiger partial charge in [-0.2, -0.15) is 5.10 Å². The van der Waals surface area contributed by atoms with Crippen molar-refractivity contribution in [3.8, 4) is 11.4 Å². The van der Waals surface area contributed by atoms with Crippen LogP contribution in [0.15, 0.2) is 79.4 Å². The molecule has 0 atom stereocenters. The van der Waals surface area contributed by atoms with Crippen molar-refractivity contribution >= 4 is 0 Å². The Balaban J connectivity index is 0.00000196. The van der Waals surface area contributed by atoms with Crippen molar-refractivity contribution in [1.82, 2.24) is 14.3 Å². The van der Waals surface area contributed by atoms with E-state index in [1.807, 2.05) is 17.7 Å². The Morgan fingerprint density at radius 2 is 1.62 bits per heavy atom. The molecule has 0 fully saturated rings. The fourth-order valence-corrected chi connectivity index (χ4v) is 3.16. The summed E-state index contributed by atoms with van der Waals surface area (Å²) in [6.45, 7) is 4.97. The van der Waals surface area contributed by atoms with E-state index in [9.17, 15) is 0 Å². The molecule has 0 N–H and O–H groups in total. The van der Waals surface area contributed by atoms with E-state index in [0.29, 0.717) is 0 Å². The maximum absolute atomic E-state index is 4.64. The average Bonchev–Trinajstić information content (AvgIpc) is 3.22. The minimum absolute atomic E-state index is 0. The highest BCUT2D eigenvalue weighted by molar-refractivity contribution is 5.52. The van der Waals surface area contributed by atoms with Gasteiger partial charge in [-0.15, -0.1) is 0 Å². The summed E-state index contributed by atoms with van der Waals surface area (Å²) < 4.78 is 6.34. The van der Waals surface area contributed by atoms with Gasteiger partial charge in [-0.1, -0.05) is 42.5 Å². The SMILES string of the molecule is Cc1cc(C)n(-c2ccccc2-n2cc[n+](Cc3ccccc3)c2)n1.[Cl-]. The molecule has 0 saturated carbocycles. The number of hydrogen-bond donors (Lipinski definition) is 0. The highest BCUT2D eigenvalue weighted by Gasteiger charge is 2.15. The number of para-hydroxylation sites is 2. The van der Waals surface area contributed by atoms with Gasteiger partial charge in [0.05, 0.1) is 5.69 Å². The maximum atomic E-state index is 4.64. The van der Waals surface area contributed by atoms with Crippen LogP contribution in [0.3, 0.4) is 0 Å². The molecule has 2 aromatic heterocycles. The summed E-state index contributed by atoms with van der Waals surface area (Å²) in [6, 6.07) is 20.9. The van der Waals surface area contributed by atoms with E-state index >= 15 is 0 Å². The van der Waals surface area contributed by atoms with Crippen molar-refractivity contribution < 1.29 is 17.0 Å². The molecule has 5 heteroatoms. The topological polar surface area (TPSA) is 26.6 Å². The lowest BCUT2D eigenvalue weighted by molar-refractivity contribution is -0.687. The second-order valence-electron chi connectivity index (χ2n) is 6.31. The lowest BCUT2D eigenvalue weighted by atomic mass is 10.2. The maximum Gasteiger partial charge on any atom is 0.249 e. The molecule has 0 aliphatic heterocycles. The predicted molar refractivity (Wildman–Crippen MR) is 98.1 cm³/mol. The Hall–Kier alpha value is -2.85. The quantitative estimate of drug-likeness (QED) is 0.488. The van der Waals surface area contributed by atoms with Crippen LogP contribution in [0.2, 0.25) is 0 Å². The molecule has 0 aliphatic carbocycles. The molecule has 0 bridgehead atoms. The van der Waals surface area contributed by atoms with Crippen LogP contribution in [0.5, 0.6) is 0 Å². The van der Waals surface area contributed by atoms with Gasteiger partial charge in [-0.25, -0.2) is 13.8 Å². The largest absolute Gasteiger partial charge is 1.00 e. The molecule has 26 heavy (non-hydrogen) atoms. The highest BCUT2D eigenvalue weighted by atomic mass is 35.5.